The smallest absolute Gasteiger partial charge is 0.223 e. The van der Waals surface area contributed by atoms with Crippen LogP contribution in [0.4, 0.5) is 0 Å². The highest BCUT2D eigenvalue weighted by molar-refractivity contribution is 14.0. The minimum absolute atomic E-state index is 0. The maximum absolute atomic E-state index is 11.5. The molecule has 1 atom stereocenters. The van der Waals surface area contributed by atoms with E-state index in [4.69, 9.17) is 0 Å². The Labute approximate surface area is 159 Å². The van der Waals surface area contributed by atoms with Gasteiger partial charge in [0, 0.05) is 33.6 Å². The average Bonchev–Trinajstić information content (AvgIpc) is 2.99. The van der Waals surface area contributed by atoms with Crippen LogP contribution in [0.2, 0.25) is 0 Å². The second kappa shape index (κ2) is 10.8. The zero-order valence-electron chi connectivity index (χ0n) is 14.1. The van der Waals surface area contributed by atoms with Crippen molar-refractivity contribution in [2.45, 2.75) is 25.9 Å². The predicted molar refractivity (Wildman–Crippen MR) is 107 cm³/mol. The summed E-state index contributed by atoms with van der Waals surface area (Å²) in [6.45, 7) is 5.19. The third-order valence-corrected chi connectivity index (χ3v) is 3.85. The Morgan fingerprint density at radius 3 is 2.65 bits per heavy atom. The molecule has 132 valence electrons. The molecule has 1 amide bonds. The molecule has 6 nitrogen and oxygen atoms in total. The molecule has 0 saturated heterocycles. The molecule has 1 aromatic heterocycles. The first-order valence-corrected chi connectivity index (χ1v) is 8.28. The normalized spacial score (nSPS) is 13.7. The highest BCUT2D eigenvalue weighted by Crippen LogP contribution is 2.23. The summed E-state index contributed by atoms with van der Waals surface area (Å²) in [7, 11) is 3.47. The summed E-state index contributed by atoms with van der Waals surface area (Å²) in [4.78, 5) is 17.5. The van der Waals surface area contributed by atoms with Crippen molar-refractivity contribution < 1.29 is 9.90 Å². The molecule has 1 heterocycles. The van der Waals surface area contributed by atoms with Gasteiger partial charge in [-0.2, -0.15) is 11.3 Å². The van der Waals surface area contributed by atoms with E-state index in [0.717, 1.165) is 5.56 Å². The minimum Gasteiger partial charge on any atom is -0.383 e. The van der Waals surface area contributed by atoms with Crippen LogP contribution in [0.15, 0.2) is 21.8 Å². The van der Waals surface area contributed by atoms with E-state index in [1.165, 1.54) is 0 Å². The van der Waals surface area contributed by atoms with Gasteiger partial charge in [-0.1, -0.05) is 0 Å². The third-order valence-electron chi connectivity index (χ3n) is 3.16. The number of aliphatic hydroxyl groups is 1. The Morgan fingerprint density at radius 2 is 2.13 bits per heavy atom. The van der Waals surface area contributed by atoms with Gasteiger partial charge < -0.3 is 20.6 Å². The van der Waals surface area contributed by atoms with E-state index in [2.05, 4.69) is 15.6 Å². The fourth-order valence-corrected chi connectivity index (χ4v) is 2.53. The van der Waals surface area contributed by atoms with Crippen LogP contribution in [0, 0.1) is 0 Å². The lowest BCUT2D eigenvalue weighted by atomic mass is 10.00. The number of guanidine groups is 1. The van der Waals surface area contributed by atoms with Gasteiger partial charge in [-0.3, -0.25) is 4.79 Å². The molecule has 0 aromatic carbocycles. The van der Waals surface area contributed by atoms with Crippen molar-refractivity contribution in [2.24, 2.45) is 4.99 Å². The number of carbonyl (C=O) groups is 1. The number of rotatable bonds is 7. The number of hydrogen-bond donors (Lipinski definition) is 3. The Hall–Kier alpha value is -0.870. The minimum atomic E-state index is -0.998. The van der Waals surface area contributed by atoms with E-state index in [0.29, 0.717) is 25.5 Å². The highest BCUT2D eigenvalue weighted by Gasteiger charge is 2.23. The van der Waals surface area contributed by atoms with E-state index in [1.807, 2.05) is 23.8 Å². The second-order valence-corrected chi connectivity index (χ2v) is 6.23. The Kier molecular flexibility index (Phi) is 10.4. The predicted octanol–water partition coefficient (Wildman–Crippen LogP) is 1.61. The lowest BCUT2D eigenvalue weighted by molar-refractivity contribution is -0.128. The number of halogens is 1. The molecular weight excluding hydrogens is 427 g/mol. The van der Waals surface area contributed by atoms with Crippen LogP contribution in [0.3, 0.4) is 0 Å². The van der Waals surface area contributed by atoms with Gasteiger partial charge in [0.25, 0.3) is 0 Å². The molecule has 0 saturated carbocycles. The van der Waals surface area contributed by atoms with Gasteiger partial charge in [0.2, 0.25) is 5.91 Å². The van der Waals surface area contributed by atoms with Gasteiger partial charge in [0.1, 0.15) is 5.60 Å². The molecule has 23 heavy (non-hydrogen) atoms. The summed E-state index contributed by atoms with van der Waals surface area (Å²) in [5.74, 6) is 0.665. The average molecular weight is 454 g/mol. The van der Waals surface area contributed by atoms with E-state index in [9.17, 15) is 9.90 Å². The zero-order chi connectivity index (χ0) is 16.6. The number of nitrogens with zero attached hydrogens (tertiary/aromatic N) is 2. The maximum atomic E-state index is 11.5. The lowest BCUT2D eigenvalue weighted by Gasteiger charge is -2.21. The quantitative estimate of drug-likeness (QED) is 0.333. The van der Waals surface area contributed by atoms with Crippen molar-refractivity contribution >= 4 is 47.2 Å². The number of carbonyl (C=O) groups excluding carboxylic acids is 1. The SMILES string of the molecule is CCNC(=NCC(C)(O)c1ccsc1)NCCC(=O)N(C)C.I. The fraction of sp³-hybridized carbons (Fsp3) is 0.600. The molecule has 1 aromatic rings. The van der Waals surface area contributed by atoms with Crippen LogP contribution in [-0.4, -0.2) is 55.6 Å². The Bertz CT molecular complexity index is 490. The second-order valence-electron chi connectivity index (χ2n) is 5.45. The van der Waals surface area contributed by atoms with Gasteiger partial charge in [-0.25, -0.2) is 4.99 Å². The molecule has 0 radical (unpaired) electrons. The summed E-state index contributed by atoms with van der Waals surface area (Å²) < 4.78 is 0. The van der Waals surface area contributed by atoms with Crippen molar-refractivity contribution in [1.29, 1.82) is 0 Å². The zero-order valence-corrected chi connectivity index (χ0v) is 17.3. The van der Waals surface area contributed by atoms with Gasteiger partial charge in [-0.05, 0) is 36.2 Å². The number of amides is 1. The topological polar surface area (TPSA) is 77.0 Å². The van der Waals surface area contributed by atoms with E-state index >= 15 is 0 Å². The molecule has 0 spiro atoms. The monoisotopic (exact) mass is 454 g/mol. The van der Waals surface area contributed by atoms with Gasteiger partial charge >= 0.3 is 0 Å². The van der Waals surface area contributed by atoms with Crippen LogP contribution < -0.4 is 10.6 Å². The maximum Gasteiger partial charge on any atom is 0.223 e. The largest absolute Gasteiger partial charge is 0.383 e. The van der Waals surface area contributed by atoms with E-state index in [1.54, 1.807) is 37.3 Å². The standard InChI is InChI=1S/C15H26N4O2S.HI/c1-5-16-14(17-8-6-13(20)19(3)4)18-11-15(2,21)12-7-9-22-10-12;/h7,9-10,21H,5-6,8,11H2,1-4H3,(H2,16,17,18);1H. The van der Waals surface area contributed by atoms with Gasteiger partial charge in [0.05, 0.1) is 6.54 Å². The molecule has 0 aliphatic rings. The highest BCUT2D eigenvalue weighted by atomic mass is 127. The van der Waals surface area contributed by atoms with Crippen molar-refractivity contribution in [3.8, 4) is 0 Å². The van der Waals surface area contributed by atoms with Crippen LogP contribution in [0.25, 0.3) is 0 Å². The number of nitrogens with one attached hydrogen (secondary N) is 2. The van der Waals surface area contributed by atoms with Crippen LogP contribution in [0.1, 0.15) is 25.8 Å². The van der Waals surface area contributed by atoms with Gasteiger partial charge in [-0.15, -0.1) is 24.0 Å². The molecule has 1 rings (SSSR count). The van der Waals surface area contributed by atoms with Crippen molar-refractivity contribution in [3.05, 3.63) is 22.4 Å². The van der Waals surface area contributed by atoms with Crippen molar-refractivity contribution in [3.63, 3.8) is 0 Å². The molecule has 1 unspecified atom stereocenters. The van der Waals surface area contributed by atoms with Crippen molar-refractivity contribution in [2.75, 3.05) is 33.7 Å². The van der Waals surface area contributed by atoms with E-state index < -0.39 is 5.60 Å². The molecule has 0 fully saturated rings. The first kappa shape index (κ1) is 22.1. The first-order valence-electron chi connectivity index (χ1n) is 7.34. The summed E-state index contributed by atoms with van der Waals surface area (Å²) >= 11 is 1.55. The molecule has 0 aliphatic heterocycles. The van der Waals surface area contributed by atoms with Crippen LogP contribution in [-0.2, 0) is 10.4 Å². The summed E-state index contributed by atoms with van der Waals surface area (Å²) in [6.07, 6.45) is 0.401. The molecule has 0 aliphatic carbocycles. The molecule has 0 bridgehead atoms. The summed E-state index contributed by atoms with van der Waals surface area (Å²) in [5.41, 5.74) is -0.137. The van der Waals surface area contributed by atoms with E-state index in [-0.39, 0.29) is 36.4 Å². The number of aliphatic imine (C=N–C) groups is 1. The third kappa shape index (κ3) is 7.98. The van der Waals surface area contributed by atoms with Gasteiger partial charge in [0.15, 0.2) is 5.96 Å². The summed E-state index contributed by atoms with van der Waals surface area (Å²) in [5, 5.41) is 20.5. The van der Waals surface area contributed by atoms with Crippen molar-refractivity contribution in [1.82, 2.24) is 15.5 Å². The number of hydrogen-bond acceptors (Lipinski definition) is 4. The first-order chi connectivity index (χ1) is 10.4. The number of thiophene rings is 1. The van der Waals surface area contributed by atoms with Crippen LogP contribution >= 0.6 is 35.3 Å². The lowest BCUT2D eigenvalue weighted by Crippen LogP contribution is -2.40. The Morgan fingerprint density at radius 1 is 1.43 bits per heavy atom. The molecule has 3 N–H and O–H groups in total. The molecule has 8 heteroatoms. The Balaban J connectivity index is 0.00000484. The van der Waals surface area contributed by atoms with Crippen LogP contribution in [0.5, 0.6) is 0 Å². The fourth-order valence-electron chi connectivity index (χ4n) is 1.75. The molecular formula is C15H27IN4O2S. The summed E-state index contributed by atoms with van der Waals surface area (Å²) in [6, 6.07) is 1.90.